The van der Waals surface area contributed by atoms with Gasteiger partial charge < -0.3 is 0 Å². The van der Waals surface area contributed by atoms with Gasteiger partial charge in [-0.15, -0.1) is 0 Å². The molecule has 0 aliphatic carbocycles. The molecule has 2 aromatic rings. The molecule has 0 fully saturated rings. The van der Waals surface area contributed by atoms with Gasteiger partial charge in [0.05, 0.1) is 12.0 Å². The second kappa shape index (κ2) is 6.45. The normalized spacial score (nSPS) is 12.1. The van der Waals surface area contributed by atoms with E-state index in [-0.39, 0.29) is 5.92 Å². The van der Waals surface area contributed by atoms with Crippen molar-refractivity contribution in [2.75, 3.05) is 0 Å². The third-order valence-corrected chi connectivity index (χ3v) is 4.13. The van der Waals surface area contributed by atoms with Crippen LogP contribution in [0, 0.1) is 17.2 Å². The number of hydrogen-bond donors (Lipinski definition) is 0. The van der Waals surface area contributed by atoms with Crippen LogP contribution in [0.5, 0.6) is 0 Å². The van der Waals surface area contributed by atoms with Gasteiger partial charge in [-0.2, -0.15) is 5.26 Å². The van der Waals surface area contributed by atoms with E-state index in [0.29, 0.717) is 5.92 Å². The smallest absolute Gasteiger partial charge is 0.0746 e. The fraction of sp³-hybridized carbons (Fsp3) is 0.235. The van der Waals surface area contributed by atoms with Crippen LogP contribution in [0.2, 0.25) is 0 Å². The van der Waals surface area contributed by atoms with Gasteiger partial charge in [0, 0.05) is 9.79 Å². The molecule has 19 heavy (non-hydrogen) atoms. The summed E-state index contributed by atoms with van der Waals surface area (Å²) in [5.41, 5.74) is 1.13. The number of benzene rings is 2. The minimum Gasteiger partial charge on any atom is -0.198 e. The van der Waals surface area contributed by atoms with Gasteiger partial charge in [0.2, 0.25) is 0 Å². The average molecular weight is 267 g/mol. The molecular weight excluding hydrogens is 250 g/mol. The van der Waals surface area contributed by atoms with E-state index >= 15 is 0 Å². The van der Waals surface area contributed by atoms with E-state index in [9.17, 15) is 5.26 Å². The van der Waals surface area contributed by atoms with E-state index in [1.54, 1.807) is 11.8 Å². The summed E-state index contributed by atoms with van der Waals surface area (Å²) < 4.78 is 0. The lowest BCUT2D eigenvalue weighted by atomic mass is 9.90. The van der Waals surface area contributed by atoms with Crippen molar-refractivity contribution in [3.63, 3.8) is 0 Å². The zero-order valence-corrected chi connectivity index (χ0v) is 12.0. The minimum absolute atomic E-state index is 0.0487. The van der Waals surface area contributed by atoms with Crippen LogP contribution in [0.4, 0.5) is 0 Å². The quantitative estimate of drug-likeness (QED) is 0.769. The van der Waals surface area contributed by atoms with Gasteiger partial charge in [-0.05, 0) is 29.7 Å². The SMILES string of the molecule is CC(C)[C@H](C#N)c1ccccc1Sc1ccccc1. The molecule has 2 heteroatoms. The molecule has 0 spiro atoms. The Kier molecular flexibility index (Phi) is 4.65. The van der Waals surface area contributed by atoms with E-state index in [2.05, 4.69) is 44.2 Å². The van der Waals surface area contributed by atoms with Crippen LogP contribution in [0.3, 0.4) is 0 Å². The van der Waals surface area contributed by atoms with Gasteiger partial charge in [0.15, 0.2) is 0 Å². The van der Waals surface area contributed by atoms with E-state index in [1.807, 2.05) is 30.3 Å². The second-order valence-electron chi connectivity index (χ2n) is 4.80. The number of nitriles is 1. The average Bonchev–Trinajstić information content (AvgIpc) is 2.42. The van der Waals surface area contributed by atoms with Gasteiger partial charge >= 0.3 is 0 Å². The molecule has 0 aliphatic rings. The summed E-state index contributed by atoms with van der Waals surface area (Å²) in [5, 5.41) is 9.38. The molecule has 1 nitrogen and oxygen atoms in total. The largest absolute Gasteiger partial charge is 0.198 e. The standard InChI is InChI=1S/C17H17NS/c1-13(2)16(12-18)15-10-6-7-11-17(15)19-14-8-4-3-5-9-14/h3-11,13,16H,1-2H3/t16-/m0/s1. The maximum absolute atomic E-state index is 9.38. The lowest BCUT2D eigenvalue weighted by molar-refractivity contribution is 0.580. The summed E-state index contributed by atoms with van der Waals surface area (Å²) in [6.07, 6.45) is 0. The predicted octanol–water partition coefficient (Wildman–Crippen LogP) is 5.10. The van der Waals surface area contributed by atoms with Gasteiger partial charge in [-0.25, -0.2) is 0 Å². The maximum Gasteiger partial charge on any atom is 0.0746 e. The van der Waals surface area contributed by atoms with Crippen molar-refractivity contribution in [3.05, 3.63) is 60.2 Å². The van der Waals surface area contributed by atoms with E-state index < -0.39 is 0 Å². The third-order valence-electron chi connectivity index (χ3n) is 3.03. The summed E-state index contributed by atoms with van der Waals surface area (Å²) in [5.74, 6) is 0.273. The summed E-state index contributed by atoms with van der Waals surface area (Å²) in [6.45, 7) is 4.19. The van der Waals surface area contributed by atoms with Crippen molar-refractivity contribution < 1.29 is 0 Å². The molecule has 0 heterocycles. The number of rotatable bonds is 4. The molecule has 0 saturated heterocycles. The molecule has 2 rings (SSSR count). The first kappa shape index (κ1) is 13.7. The van der Waals surface area contributed by atoms with Crippen LogP contribution in [-0.4, -0.2) is 0 Å². The molecule has 0 saturated carbocycles. The molecule has 1 atom stereocenters. The van der Waals surface area contributed by atoms with Crippen LogP contribution in [0.1, 0.15) is 25.3 Å². The molecular formula is C17H17NS. The Hall–Kier alpha value is -1.72. The van der Waals surface area contributed by atoms with Crippen LogP contribution in [-0.2, 0) is 0 Å². The van der Waals surface area contributed by atoms with Gasteiger partial charge in [-0.3, -0.25) is 0 Å². The van der Waals surface area contributed by atoms with Crippen molar-refractivity contribution >= 4 is 11.8 Å². The third kappa shape index (κ3) is 3.39. The van der Waals surface area contributed by atoms with Crippen LogP contribution in [0.15, 0.2) is 64.4 Å². The Labute approximate surface area is 119 Å². The fourth-order valence-electron chi connectivity index (χ4n) is 2.02. The molecule has 96 valence electrons. The molecule has 0 unspecified atom stereocenters. The first-order valence-corrected chi connectivity index (χ1v) is 7.25. The van der Waals surface area contributed by atoms with Crippen molar-refractivity contribution in [1.82, 2.24) is 0 Å². The second-order valence-corrected chi connectivity index (χ2v) is 5.92. The van der Waals surface area contributed by atoms with Crippen LogP contribution < -0.4 is 0 Å². The molecule has 0 bridgehead atoms. The summed E-state index contributed by atoms with van der Waals surface area (Å²) in [6, 6.07) is 20.9. The molecule has 0 radical (unpaired) electrons. The Balaban J connectivity index is 2.34. The molecule has 2 aromatic carbocycles. The van der Waals surface area contributed by atoms with Crippen molar-refractivity contribution in [3.8, 4) is 6.07 Å². The van der Waals surface area contributed by atoms with Crippen LogP contribution in [0.25, 0.3) is 0 Å². The first-order valence-electron chi connectivity index (χ1n) is 6.44. The Morgan fingerprint density at radius 2 is 1.58 bits per heavy atom. The van der Waals surface area contributed by atoms with E-state index in [4.69, 9.17) is 0 Å². The summed E-state index contributed by atoms with van der Waals surface area (Å²) in [4.78, 5) is 2.38. The van der Waals surface area contributed by atoms with E-state index in [0.717, 1.165) is 5.56 Å². The molecule has 0 N–H and O–H groups in total. The zero-order chi connectivity index (χ0) is 13.7. The lowest BCUT2D eigenvalue weighted by Gasteiger charge is -2.17. The maximum atomic E-state index is 9.38. The van der Waals surface area contributed by atoms with Crippen LogP contribution >= 0.6 is 11.8 Å². The van der Waals surface area contributed by atoms with Crippen molar-refractivity contribution in [2.45, 2.75) is 29.6 Å². The van der Waals surface area contributed by atoms with Crippen molar-refractivity contribution in [1.29, 1.82) is 5.26 Å². The highest BCUT2D eigenvalue weighted by molar-refractivity contribution is 7.99. The highest BCUT2D eigenvalue weighted by Gasteiger charge is 2.18. The van der Waals surface area contributed by atoms with E-state index in [1.165, 1.54) is 9.79 Å². The predicted molar refractivity (Wildman–Crippen MR) is 80.2 cm³/mol. The molecule has 0 aromatic heterocycles. The molecule has 0 aliphatic heterocycles. The highest BCUT2D eigenvalue weighted by Crippen LogP contribution is 2.36. The Bertz CT molecular complexity index is 569. The van der Waals surface area contributed by atoms with Gasteiger partial charge in [-0.1, -0.05) is 62.0 Å². The number of nitrogens with zero attached hydrogens (tertiary/aromatic N) is 1. The lowest BCUT2D eigenvalue weighted by Crippen LogP contribution is -2.05. The fourth-order valence-corrected chi connectivity index (χ4v) is 3.03. The Morgan fingerprint density at radius 1 is 0.947 bits per heavy atom. The molecule has 0 amide bonds. The van der Waals surface area contributed by atoms with Gasteiger partial charge in [0.25, 0.3) is 0 Å². The highest BCUT2D eigenvalue weighted by atomic mass is 32.2. The van der Waals surface area contributed by atoms with Crippen molar-refractivity contribution in [2.24, 2.45) is 5.92 Å². The summed E-state index contributed by atoms with van der Waals surface area (Å²) in [7, 11) is 0. The number of hydrogen-bond acceptors (Lipinski definition) is 2. The minimum atomic E-state index is -0.0487. The van der Waals surface area contributed by atoms with Gasteiger partial charge in [0.1, 0.15) is 0 Å². The summed E-state index contributed by atoms with van der Waals surface area (Å²) >= 11 is 1.72. The topological polar surface area (TPSA) is 23.8 Å². The zero-order valence-electron chi connectivity index (χ0n) is 11.2. The monoisotopic (exact) mass is 267 g/mol. The first-order chi connectivity index (χ1) is 9.22. The Morgan fingerprint density at radius 3 is 2.21 bits per heavy atom.